The van der Waals surface area contributed by atoms with Gasteiger partial charge in [0.2, 0.25) is 0 Å². The average Bonchev–Trinajstić information content (AvgIpc) is 2.37. The van der Waals surface area contributed by atoms with Crippen LogP contribution in [0.15, 0.2) is 18.2 Å². The van der Waals surface area contributed by atoms with Crippen LogP contribution in [0.4, 0.5) is 0 Å². The number of likely N-dealkylation sites (tertiary alicyclic amines) is 1. The summed E-state index contributed by atoms with van der Waals surface area (Å²) in [6.45, 7) is 5.52. The summed E-state index contributed by atoms with van der Waals surface area (Å²) in [5.74, 6) is 0.878. The van der Waals surface area contributed by atoms with Crippen LogP contribution in [-0.2, 0) is 5.54 Å². The molecular weight excluding hydrogens is 224 g/mol. The lowest BCUT2D eigenvalue weighted by atomic mass is 9.73. The molecule has 1 unspecified atom stereocenters. The Morgan fingerprint density at radius 3 is 2.78 bits per heavy atom. The van der Waals surface area contributed by atoms with Crippen LogP contribution in [0.3, 0.4) is 0 Å². The highest BCUT2D eigenvalue weighted by Crippen LogP contribution is 2.41. The van der Waals surface area contributed by atoms with Crippen LogP contribution in [-0.4, -0.2) is 36.7 Å². The minimum absolute atomic E-state index is 0.141. The SMILES string of the molecule is CC1CNC2(CCN(C)CC2)c2ccc(O)cc21. The number of hydrogen-bond donors (Lipinski definition) is 2. The number of aromatic hydroxyl groups is 1. The standard InChI is InChI=1S/C15H22N2O/c1-11-10-16-15(5-7-17(2)8-6-15)14-4-3-12(18)9-13(11)14/h3-4,9,11,16,18H,5-8,10H2,1-2H3. The summed E-state index contributed by atoms with van der Waals surface area (Å²) in [4.78, 5) is 2.39. The first-order valence-electron chi connectivity index (χ1n) is 6.88. The van der Waals surface area contributed by atoms with Crippen LogP contribution in [0, 0.1) is 0 Å². The molecular formula is C15H22N2O. The molecule has 0 saturated carbocycles. The van der Waals surface area contributed by atoms with Crippen molar-refractivity contribution in [2.24, 2.45) is 0 Å². The Bertz CT molecular complexity index is 450. The van der Waals surface area contributed by atoms with Crippen LogP contribution in [0.2, 0.25) is 0 Å². The van der Waals surface area contributed by atoms with E-state index in [1.54, 1.807) is 0 Å². The van der Waals surface area contributed by atoms with Gasteiger partial charge in [-0.2, -0.15) is 0 Å². The van der Waals surface area contributed by atoms with Crippen molar-refractivity contribution in [1.29, 1.82) is 0 Å². The molecule has 0 aliphatic carbocycles. The molecule has 1 spiro atoms. The fourth-order valence-corrected chi connectivity index (χ4v) is 3.39. The molecule has 3 heteroatoms. The van der Waals surface area contributed by atoms with Gasteiger partial charge in [0.25, 0.3) is 0 Å². The van der Waals surface area contributed by atoms with E-state index in [4.69, 9.17) is 0 Å². The Balaban J connectivity index is 2.02. The minimum Gasteiger partial charge on any atom is -0.508 e. The lowest BCUT2D eigenvalue weighted by Gasteiger charge is -2.47. The largest absolute Gasteiger partial charge is 0.508 e. The zero-order valence-electron chi connectivity index (χ0n) is 11.2. The predicted molar refractivity (Wildman–Crippen MR) is 72.9 cm³/mol. The molecule has 1 saturated heterocycles. The molecule has 1 atom stereocenters. The second-order valence-corrected chi connectivity index (χ2v) is 5.94. The molecule has 1 fully saturated rings. The summed E-state index contributed by atoms with van der Waals surface area (Å²) in [5.41, 5.74) is 2.88. The molecule has 2 aliphatic rings. The first-order valence-corrected chi connectivity index (χ1v) is 6.88. The van der Waals surface area contributed by atoms with Crippen LogP contribution in [0.25, 0.3) is 0 Å². The molecule has 1 aromatic rings. The zero-order chi connectivity index (χ0) is 12.8. The Morgan fingerprint density at radius 2 is 2.06 bits per heavy atom. The van der Waals surface area contributed by atoms with Gasteiger partial charge in [-0.15, -0.1) is 0 Å². The van der Waals surface area contributed by atoms with Crippen molar-refractivity contribution in [2.75, 3.05) is 26.7 Å². The highest BCUT2D eigenvalue weighted by molar-refractivity contribution is 5.43. The van der Waals surface area contributed by atoms with E-state index in [-0.39, 0.29) is 5.54 Å². The molecule has 3 nitrogen and oxygen atoms in total. The molecule has 2 N–H and O–H groups in total. The van der Waals surface area contributed by atoms with Gasteiger partial charge >= 0.3 is 0 Å². The summed E-state index contributed by atoms with van der Waals surface area (Å²) < 4.78 is 0. The third-order valence-corrected chi connectivity index (χ3v) is 4.67. The lowest BCUT2D eigenvalue weighted by Crippen LogP contribution is -2.54. The van der Waals surface area contributed by atoms with Crippen molar-refractivity contribution in [2.45, 2.75) is 31.2 Å². The molecule has 0 bridgehead atoms. The molecule has 0 aromatic heterocycles. The number of benzene rings is 1. The summed E-state index contributed by atoms with van der Waals surface area (Å²) in [5, 5.41) is 13.5. The topological polar surface area (TPSA) is 35.5 Å². The zero-order valence-corrected chi connectivity index (χ0v) is 11.2. The highest BCUT2D eigenvalue weighted by Gasteiger charge is 2.40. The van der Waals surface area contributed by atoms with Crippen LogP contribution >= 0.6 is 0 Å². The van der Waals surface area contributed by atoms with Gasteiger partial charge in [-0.05, 0) is 62.2 Å². The fraction of sp³-hybridized carbons (Fsp3) is 0.600. The van der Waals surface area contributed by atoms with E-state index < -0.39 is 0 Å². The Kier molecular flexibility index (Phi) is 2.83. The maximum atomic E-state index is 9.71. The smallest absolute Gasteiger partial charge is 0.115 e. The second-order valence-electron chi connectivity index (χ2n) is 5.94. The summed E-state index contributed by atoms with van der Waals surface area (Å²) in [7, 11) is 2.19. The Labute approximate surface area is 109 Å². The number of phenols is 1. The highest BCUT2D eigenvalue weighted by atomic mass is 16.3. The third kappa shape index (κ3) is 1.82. The average molecular weight is 246 g/mol. The van der Waals surface area contributed by atoms with Gasteiger partial charge in [-0.1, -0.05) is 13.0 Å². The number of rotatable bonds is 0. The second kappa shape index (κ2) is 4.25. The van der Waals surface area contributed by atoms with E-state index in [2.05, 4.69) is 30.3 Å². The van der Waals surface area contributed by atoms with Crippen molar-refractivity contribution in [3.8, 4) is 5.75 Å². The quantitative estimate of drug-likeness (QED) is 0.735. The fourth-order valence-electron chi connectivity index (χ4n) is 3.39. The summed E-state index contributed by atoms with van der Waals surface area (Å²) in [6, 6.07) is 5.91. The van der Waals surface area contributed by atoms with E-state index in [1.165, 1.54) is 11.1 Å². The summed E-state index contributed by atoms with van der Waals surface area (Å²) in [6.07, 6.45) is 2.32. The molecule has 2 heterocycles. The van der Waals surface area contributed by atoms with Crippen molar-refractivity contribution < 1.29 is 5.11 Å². The van der Waals surface area contributed by atoms with E-state index in [0.717, 1.165) is 32.5 Å². The number of hydrogen-bond acceptors (Lipinski definition) is 3. The van der Waals surface area contributed by atoms with Gasteiger partial charge in [-0.3, -0.25) is 0 Å². The van der Waals surface area contributed by atoms with Crippen molar-refractivity contribution in [3.63, 3.8) is 0 Å². The van der Waals surface area contributed by atoms with E-state index >= 15 is 0 Å². The number of phenolic OH excluding ortho intramolecular Hbond substituents is 1. The number of fused-ring (bicyclic) bond motifs is 2. The molecule has 98 valence electrons. The molecule has 3 rings (SSSR count). The molecule has 0 radical (unpaired) electrons. The maximum Gasteiger partial charge on any atom is 0.115 e. The van der Waals surface area contributed by atoms with Gasteiger partial charge in [0.1, 0.15) is 5.75 Å². The van der Waals surface area contributed by atoms with Crippen molar-refractivity contribution >= 4 is 0 Å². The van der Waals surface area contributed by atoms with E-state index in [9.17, 15) is 5.11 Å². The number of piperidine rings is 1. The van der Waals surface area contributed by atoms with Gasteiger partial charge in [0.15, 0.2) is 0 Å². The molecule has 18 heavy (non-hydrogen) atoms. The van der Waals surface area contributed by atoms with Crippen molar-refractivity contribution in [3.05, 3.63) is 29.3 Å². The van der Waals surface area contributed by atoms with Crippen LogP contribution < -0.4 is 5.32 Å². The first kappa shape index (κ1) is 12.0. The predicted octanol–water partition coefficient (Wildman–Crippen LogP) is 2.02. The molecule has 0 amide bonds. The minimum atomic E-state index is 0.141. The number of nitrogens with one attached hydrogen (secondary N) is 1. The molecule has 1 aromatic carbocycles. The monoisotopic (exact) mass is 246 g/mol. The van der Waals surface area contributed by atoms with Gasteiger partial charge in [0.05, 0.1) is 0 Å². The van der Waals surface area contributed by atoms with Gasteiger partial charge in [0, 0.05) is 12.1 Å². The number of nitrogens with zero attached hydrogens (tertiary/aromatic N) is 1. The maximum absolute atomic E-state index is 9.71. The van der Waals surface area contributed by atoms with E-state index in [0.29, 0.717) is 11.7 Å². The molecule has 2 aliphatic heterocycles. The van der Waals surface area contributed by atoms with Crippen LogP contribution in [0.1, 0.15) is 36.8 Å². The van der Waals surface area contributed by atoms with Crippen LogP contribution in [0.5, 0.6) is 5.75 Å². The van der Waals surface area contributed by atoms with Crippen molar-refractivity contribution in [1.82, 2.24) is 10.2 Å². The first-order chi connectivity index (χ1) is 8.61. The van der Waals surface area contributed by atoms with E-state index in [1.807, 2.05) is 12.1 Å². The summed E-state index contributed by atoms with van der Waals surface area (Å²) >= 11 is 0. The third-order valence-electron chi connectivity index (χ3n) is 4.67. The Hall–Kier alpha value is -1.06. The van der Waals surface area contributed by atoms with Gasteiger partial charge < -0.3 is 15.3 Å². The lowest BCUT2D eigenvalue weighted by molar-refractivity contribution is 0.146. The van der Waals surface area contributed by atoms with Gasteiger partial charge in [-0.25, -0.2) is 0 Å². The Morgan fingerprint density at radius 1 is 1.33 bits per heavy atom. The normalized spacial score (nSPS) is 27.1.